The highest BCUT2D eigenvalue weighted by Crippen LogP contribution is 2.47. The van der Waals surface area contributed by atoms with Gasteiger partial charge < -0.3 is 9.42 Å². The molecule has 0 amide bonds. The lowest BCUT2D eigenvalue weighted by atomic mass is 9.76. The van der Waals surface area contributed by atoms with Crippen LogP contribution < -0.4 is 0 Å². The summed E-state index contributed by atoms with van der Waals surface area (Å²) in [7, 11) is 0. The van der Waals surface area contributed by atoms with Crippen LogP contribution in [-0.2, 0) is 18.3 Å². The second kappa shape index (κ2) is 6.80. The van der Waals surface area contributed by atoms with Gasteiger partial charge in [-0.1, -0.05) is 32.0 Å². The average molecular weight is 410 g/mol. The molecule has 3 aliphatic rings. The summed E-state index contributed by atoms with van der Waals surface area (Å²) in [5.74, 6) is 0.875. The third-order valence-electron chi connectivity index (χ3n) is 7.87. The number of piperidine rings is 1. The molecule has 2 aliphatic heterocycles. The first-order chi connectivity index (χ1) is 14.0. The molecule has 2 aromatic rings. The van der Waals surface area contributed by atoms with Gasteiger partial charge in [0.2, 0.25) is 0 Å². The van der Waals surface area contributed by atoms with Crippen molar-refractivity contribution in [2.75, 3.05) is 32.7 Å². The summed E-state index contributed by atoms with van der Waals surface area (Å²) < 4.78 is 5.90. The van der Waals surface area contributed by atoms with Crippen molar-refractivity contribution >= 4 is 11.0 Å². The predicted molar refractivity (Wildman–Crippen MR) is 123 cm³/mol. The minimum atomic E-state index is 0.0195. The Kier molecular flexibility index (Phi) is 4.65. The summed E-state index contributed by atoms with van der Waals surface area (Å²) in [4.78, 5) is 5.38. The minimum absolute atomic E-state index is 0.0195. The van der Waals surface area contributed by atoms with E-state index in [9.17, 15) is 0 Å². The van der Waals surface area contributed by atoms with Crippen LogP contribution in [0.25, 0.3) is 11.0 Å². The lowest BCUT2D eigenvalue weighted by Gasteiger charge is -2.50. The number of fused-ring (bicyclic) bond motifs is 3. The summed E-state index contributed by atoms with van der Waals surface area (Å²) in [6.45, 7) is 20.0. The molecule has 2 fully saturated rings. The maximum atomic E-state index is 5.90. The molecule has 0 N–H and O–H groups in total. The molecule has 0 atom stereocenters. The van der Waals surface area contributed by atoms with Crippen molar-refractivity contribution in [1.82, 2.24) is 15.0 Å². The zero-order valence-electron chi connectivity index (χ0n) is 19.8. The van der Waals surface area contributed by atoms with Crippen LogP contribution in [0, 0.1) is 11.3 Å². The molecule has 0 unspecified atom stereocenters. The Morgan fingerprint density at radius 3 is 2.37 bits per heavy atom. The first kappa shape index (κ1) is 20.5. The summed E-state index contributed by atoms with van der Waals surface area (Å²) in [6, 6.07) is 4.60. The van der Waals surface area contributed by atoms with Gasteiger partial charge in [-0.05, 0) is 77.1 Å². The van der Waals surface area contributed by atoms with Crippen LogP contribution in [0.3, 0.4) is 0 Å². The molecular weight excluding hydrogens is 370 g/mol. The Morgan fingerprint density at radius 1 is 1.03 bits per heavy atom. The predicted octanol–water partition coefficient (Wildman–Crippen LogP) is 5.04. The first-order valence-electron chi connectivity index (χ1n) is 11.9. The van der Waals surface area contributed by atoms with Crippen LogP contribution in [0.4, 0.5) is 0 Å². The summed E-state index contributed by atoms with van der Waals surface area (Å²) in [5, 5.41) is 5.68. The van der Waals surface area contributed by atoms with Crippen LogP contribution in [0.2, 0.25) is 0 Å². The molecule has 5 rings (SSSR count). The van der Waals surface area contributed by atoms with Gasteiger partial charge in [0.15, 0.2) is 5.58 Å². The first-order valence-corrected chi connectivity index (χ1v) is 11.9. The molecule has 1 aromatic heterocycles. The van der Waals surface area contributed by atoms with Crippen LogP contribution in [-0.4, -0.2) is 53.2 Å². The van der Waals surface area contributed by atoms with Crippen LogP contribution in [0.5, 0.6) is 0 Å². The molecule has 1 spiro atoms. The van der Waals surface area contributed by atoms with Gasteiger partial charge in [-0.3, -0.25) is 4.90 Å². The van der Waals surface area contributed by atoms with Crippen LogP contribution in [0.1, 0.15) is 71.2 Å². The van der Waals surface area contributed by atoms with Crippen molar-refractivity contribution in [3.8, 4) is 0 Å². The smallest absolute Gasteiger partial charge is 0.170 e. The van der Waals surface area contributed by atoms with Crippen LogP contribution in [0.15, 0.2) is 16.7 Å². The zero-order chi connectivity index (χ0) is 21.3. The van der Waals surface area contributed by atoms with Crippen LogP contribution >= 0.6 is 0 Å². The molecule has 4 nitrogen and oxygen atoms in total. The minimum Gasteiger partial charge on any atom is -0.356 e. The third kappa shape index (κ3) is 3.50. The van der Waals surface area contributed by atoms with E-state index in [0.29, 0.717) is 11.0 Å². The topological polar surface area (TPSA) is 32.5 Å². The molecule has 0 saturated carbocycles. The summed E-state index contributed by atoms with van der Waals surface area (Å²) in [5.41, 5.74) is 5.87. The SMILES string of the molecule is CC(C)(C)c1noc2c3c(ccc12)CC1(C3)CN(CC2CCN(C(C)(C)C)CC2)C1. The maximum absolute atomic E-state index is 5.90. The van der Waals surface area contributed by atoms with Gasteiger partial charge in [0.25, 0.3) is 0 Å². The number of likely N-dealkylation sites (tertiary alicyclic amines) is 2. The fourth-order valence-corrected chi connectivity index (χ4v) is 6.25. The number of benzene rings is 1. The maximum Gasteiger partial charge on any atom is 0.170 e. The van der Waals surface area contributed by atoms with Crippen molar-refractivity contribution in [3.63, 3.8) is 0 Å². The monoisotopic (exact) mass is 409 g/mol. The summed E-state index contributed by atoms with van der Waals surface area (Å²) in [6.07, 6.45) is 5.09. The van der Waals surface area contributed by atoms with Gasteiger partial charge in [0.05, 0.1) is 5.69 Å². The molecule has 0 radical (unpaired) electrons. The zero-order valence-corrected chi connectivity index (χ0v) is 19.8. The normalized spacial score (nSPS) is 23.3. The number of hydrogen-bond donors (Lipinski definition) is 0. The van der Waals surface area contributed by atoms with Crippen molar-refractivity contribution in [3.05, 3.63) is 29.0 Å². The molecule has 4 heteroatoms. The highest BCUT2D eigenvalue weighted by Gasteiger charge is 2.48. The summed E-state index contributed by atoms with van der Waals surface area (Å²) >= 11 is 0. The standard InChI is InChI=1S/C26H39N3O/c1-24(2,3)23-20-8-7-19-13-26(14-21(19)22(20)30-27-23)16-28(17-26)15-18-9-11-29(12-10-18)25(4,5)6/h7-8,18H,9-17H2,1-6H3. The van der Waals surface area contributed by atoms with E-state index in [4.69, 9.17) is 4.52 Å². The quantitative estimate of drug-likeness (QED) is 0.696. The highest BCUT2D eigenvalue weighted by atomic mass is 16.5. The lowest BCUT2D eigenvalue weighted by Crippen LogP contribution is -2.58. The van der Waals surface area contributed by atoms with Gasteiger partial charge in [0, 0.05) is 47.0 Å². The fraction of sp³-hybridized carbons (Fsp3) is 0.731. The van der Waals surface area contributed by atoms with Crippen molar-refractivity contribution in [2.45, 2.75) is 78.2 Å². The molecule has 2 saturated heterocycles. The van der Waals surface area contributed by atoms with E-state index < -0.39 is 0 Å². The number of hydrogen-bond acceptors (Lipinski definition) is 4. The van der Waals surface area contributed by atoms with Crippen molar-refractivity contribution < 1.29 is 4.52 Å². The number of rotatable bonds is 2. The molecule has 0 bridgehead atoms. The Morgan fingerprint density at radius 2 is 1.73 bits per heavy atom. The van der Waals surface area contributed by atoms with E-state index in [1.54, 1.807) is 0 Å². The molecule has 164 valence electrons. The molecule has 30 heavy (non-hydrogen) atoms. The Hall–Kier alpha value is -1.39. The molecule has 3 heterocycles. The van der Waals surface area contributed by atoms with E-state index in [2.05, 4.69) is 68.6 Å². The third-order valence-corrected chi connectivity index (χ3v) is 7.87. The van der Waals surface area contributed by atoms with Crippen molar-refractivity contribution in [1.29, 1.82) is 0 Å². The number of nitrogens with zero attached hydrogens (tertiary/aromatic N) is 3. The highest BCUT2D eigenvalue weighted by molar-refractivity contribution is 5.85. The Balaban J connectivity index is 1.22. The van der Waals surface area contributed by atoms with E-state index in [-0.39, 0.29) is 5.41 Å². The van der Waals surface area contributed by atoms with Gasteiger partial charge >= 0.3 is 0 Å². The molecular formula is C26H39N3O. The Bertz CT molecular complexity index is 932. The van der Waals surface area contributed by atoms with Gasteiger partial charge in [-0.15, -0.1) is 0 Å². The molecule has 1 aromatic carbocycles. The van der Waals surface area contributed by atoms with E-state index >= 15 is 0 Å². The van der Waals surface area contributed by atoms with E-state index in [1.807, 2.05) is 0 Å². The fourth-order valence-electron chi connectivity index (χ4n) is 6.25. The number of aromatic nitrogens is 1. The van der Waals surface area contributed by atoms with Gasteiger partial charge in [-0.2, -0.15) is 0 Å². The van der Waals surface area contributed by atoms with Gasteiger partial charge in [0.1, 0.15) is 0 Å². The second-order valence-electron chi connectivity index (χ2n) is 12.5. The van der Waals surface area contributed by atoms with E-state index in [1.165, 1.54) is 68.5 Å². The largest absolute Gasteiger partial charge is 0.356 e. The van der Waals surface area contributed by atoms with Gasteiger partial charge in [-0.25, -0.2) is 0 Å². The van der Waals surface area contributed by atoms with Crippen molar-refractivity contribution in [2.24, 2.45) is 11.3 Å². The average Bonchev–Trinajstić information content (AvgIpc) is 3.21. The lowest BCUT2D eigenvalue weighted by molar-refractivity contribution is -0.0144. The molecule has 1 aliphatic carbocycles. The Labute approximate surface area is 182 Å². The second-order valence-corrected chi connectivity index (χ2v) is 12.5. The van der Waals surface area contributed by atoms with E-state index in [0.717, 1.165) is 23.6 Å².